The molecule has 1 aromatic heterocycles. The number of amides is 1. The Balaban J connectivity index is 1.65. The van der Waals surface area contributed by atoms with Crippen LogP contribution in [-0.2, 0) is 17.9 Å². The van der Waals surface area contributed by atoms with Crippen molar-refractivity contribution >= 4 is 17.5 Å². The highest BCUT2D eigenvalue weighted by atomic mass is 35.5. The summed E-state index contributed by atoms with van der Waals surface area (Å²) in [5, 5.41) is 14.8. The van der Waals surface area contributed by atoms with Crippen molar-refractivity contribution in [1.29, 1.82) is 0 Å². The Morgan fingerprint density at radius 3 is 2.55 bits per heavy atom. The van der Waals surface area contributed by atoms with Gasteiger partial charge in [0.1, 0.15) is 6.33 Å². The number of ether oxygens (including phenoxy) is 2. The molecule has 1 atom stereocenters. The highest BCUT2D eigenvalue weighted by Crippen LogP contribution is 2.27. The Morgan fingerprint density at radius 1 is 1.14 bits per heavy atom. The van der Waals surface area contributed by atoms with Crippen LogP contribution in [0.5, 0.6) is 11.5 Å². The van der Waals surface area contributed by atoms with Crippen LogP contribution in [-0.4, -0.2) is 40.3 Å². The smallest absolute Gasteiger partial charge is 0.220 e. The number of hydrogen-bond acceptors (Lipinski definition) is 6. The number of carbonyl (C=O) groups is 1. The van der Waals surface area contributed by atoms with Crippen LogP contribution in [0.4, 0.5) is 0 Å². The van der Waals surface area contributed by atoms with E-state index in [0.717, 1.165) is 11.1 Å². The molecule has 0 aliphatic rings. The quantitative estimate of drug-likeness (QED) is 0.577. The standard InChI is InChI=1S/C20H22ClN5O3/c1-28-18-8-3-14(9-19(18)29-2)11-22-20(27)10-16(12-26-13-23-24-25-26)15-4-6-17(21)7-5-15/h3-9,13,16H,10-12H2,1-2H3,(H,22,27)/t16-/m1/s1. The van der Waals surface area contributed by atoms with Gasteiger partial charge in [-0.1, -0.05) is 29.8 Å². The van der Waals surface area contributed by atoms with Crippen molar-refractivity contribution in [3.63, 3.8) is 0 Å². The molecule has 152 valence electrons. The maximum Gasteiger partial charge on any atom is 0.220 e. The van der Waals surface area contributed by atoms with Crippen LogP contribution in [0.1, 0.15) is 23.5 Å². The zero-order chi connectivity index (χ0) is 20.6. The van der Waals surface area contributed by atoms with E-state index in [1.165, 1.54) is 6.33 Å². The minimum atomic E-state index is -0.0961. The molecule has 1 N–H and O–H groups in total. The molecule has 0 spiro atoms. The Bertz CT molecular complexity index is 932. The fourth-order valence-corrected chi connectivity index (χ4v) is 3.13. The average Bonchev–Trinajstić information content (AvgIpc) is 3.25. The Morgan fingerprint density at radius 2 is 1.90 bits per heavy atom. The molecule has 3 aromatic rings. The van der Waals surface area contributed by atoms with Gasteiger partial charge in [-0.05, 0) is 45.8 Å². The van der Waals surface area contributed by atoms with Crippen LogP contribution in [0.25, 0.3) is 0 Å². The fourth-order valence-electron chi connectivity index (χ4n) is 3.00. The van der Waals surface area contributed by atoms with Gasteiger partial charge in [0.15, 0.2) is 11.5 Å². The molecule has 9 heteroatoms. The summed E-state index contributed by atoms with van der Waals surface area (Å²) in [5.74, 6) is 1.10. The summed E-state index contributed by atoms with van der Waals surface area (Å²) in [6.45, 7) is 0.871. The molecule has 3 rings (SSSR count). The second-order valence-electron chi connectivity index (χ2n) is 6.45. The molecule has 29 heavy (non-hydrogen) atoms. The predicted octanol–water partition coefficient (Wildman–Crippen LogP) is 2.83. The predicted molar refractivity (Wildman–Crippen MR) is 108 cm³/mol. The van der Waals surface area contributed by atoms with E-state index in [4.69, 9.17) is 21.1 Å². The highest BCUT2D eigenvalue weighted by molar-refractivity contribution is 6.30. The summed E-state index contributed by atoms with van der Waals surface area (Å²) in [7, 11) is 3.16. The van der Waals surface area contributed by atoms with E-state index in [-0.39, 0.29) is 18.2 Å². The largest absolute Gasteiger partial charge is 0.493 e. The van der Waals surface area contributed by atoms with Gasteiger partial charge in [0, 0.05) is 23.9 Å². The summed E-state index contributed by atoms with van der Waals surface area (Å²) >= 11 is 5.99. The summed E-state index contributed by atoms with van der Waals surface area (Å²) in [6.07, 6.45) is 1.82. The van der Waals surface area contributed by atoms with Gasteiger partial charge in [-0.25, -0.2) is 4.68 Å². The van der Waals surface area contributed by atoms with E-state index in [9.17, 15) is 4.79 Å². The monoisotopic (exact) mass is 415 g/mol. The molecule has 2 aromatic carbocycles. The summed E-state index contributed by atoms with van der Waals surface area (Å²) in [5.41, 5.74) is 1.91. The molecule has 0 bridgehead atoms. The molecule has 1 heterocycles. The number of nitrogens with zero attached hydrogens (tertiary/aromatic N) is 4. The highest BCUT2D eigenvalue weighted by Gasteiger charge is 2.18. The maximum absolute atomic E-state index is 12.6. The average molecular weight is 416 g/mol. The molecule has 1 amide bonds. The first-order valence-corrected chi connectivity index (χ1v) is 9.40. The number of halogens is 1. The SMILES string of the molecule is COc1ccc(CNC(=O)C[C@H](Cn2cnnn2)c2ccc(Cl)cc2)cc1OC. The topological polar surface area (TPSA) is 91.2 Å². The number of aromatic nitrogens is 4. The van der Waals surface area contributed by atoms with Crippen molar-refractivity contribution in [1.82, 2.24) is 25.5 Å². The third-order valence-corrected chi connectivity index (χ3v) is 4.76. The van der Waals surface area contributed by atoms with Gasteiger partial charge in [-0.2, -0.15) is 0 Å². The van der Waals surface area contributed by atoms with Crippen LogP contribution >= 0.6 is 11.6 Å². The third-order valence-electron chi connectivity index (χ3n) is 4.51. The minimum Gasteiger partial charge on any atom is -0.493 e. The molecule has 0 radical (unpaired) electrons. The van der Waals surface area contributed by atoms with Gasteiger partial charge in [-0.3, -0.25) is 4.79 Å². The van der Waals surface area contributed by atoms with E-state index >= 15 is 0 Å². The lowest BCUT2D eigenvalue weighted by atomic mass is 9.95. The molecule has 0 saturated carbocycles. The second-order valence-corrected chi connectivity index (χ2v) is 6.89. The number of rotatable bonds is 9. The van der Waals surface area contributed by atoms with E-state index < -0.39 is 0 Å². The van der Waals surface area contributed by atoms with E-state index in [0.29, 0.717) is 29.6 Å². The first kappa shape index (κ1) is 20.6. The summed E-state index contributed by atoms with van der Waals surface area (Å²) in [4.78, 5) is 12.6. The van der Waals surface area contributed by atoms with Gasteiger partial charge < -0.3 is 14.8 Å². The fraction of sp³-hybridized carbons (Fsp3) is 0.300. The molecule has 0 aliphatic carbocycles. The number of benzene rings is 2. The third kappa shape index (κ3) is 5.68. The summed E-state index contributed by atoms with van der Waals surface area (Å²) < 4.78 is 12.2. The Labute approximate surface area is 173 Å². The van der Waals surface area contributed by atoms with Gasteiger partial charge in [-0.15, -0.1) is 5.10 Å². The lowest BCUT2D eigenvalue weighted by molar-refractivity contribution is -0.121. The summed E-state index contributed by atoms with van der Waals surface area (Å²) in [6, 6.07) is 13.0. The minimum absolute atomic E-state index is 0.0761. The normalized spacial score (nSPS) is 11.7. The number of carbonyl (C=O) groups excluding carboxylic acids is 1. The number of nitrogens with one attached hydrogen (secondary N) is 1. The second kappa shape index (κ2) is 9.88. The van der Waals surface area contributed by atoms with Crippen LogP contribution in [0.2, 0.25) is 5.02 Å². The lowest BCUT2D eigenvalue weighted by Crippen LogP contribution is -2.26. The van der Waals surface area contributed by atoms with Gasteiger partial charge in [0.25, 0.3) is 0 Å². The van der Waals surface area contributed by atoms with Gasteiger partial charge >= 0.3 is 0 Å². The van der Waals surface area contributed by atoms with Crippen molar-refractivity contribution in [3.8, 4) is 11.5 Å². The zero-order valence-corrected chi connectivity index (χ0v) is 17.0. The van der Waals surface area contributed by atoms with Gasteiger partial charge in [0.2, 0.25) is 5.91 Å². The number of hydrogen-bond donors (Lipinski definition) is 1. The van der Waals surface area contributed by atoms with Crippen LogP contribution < -0.4 is 14.8 Å². The Kier molecular flexibility index (Phi) is 7.02. The molecule has 8 nitrogen and oxygen atoms in total. The Hall–Kier alpha value is -3.13. The molecule has 0 saturated heterocycles. The van der Waals surface area contributed by atoms with E-state index in [1.54, 1.807) is 18.9 Å². The first-order chi connectivity index (χ1) is 14.1. The molecular weight excluding hydrogens is 394 g/mol. The molecule has 0 fully saturated rings. The number of tetrazole rings is 1. The zero-order valence-electron chi connectivity index (χ0n) is 16.2. The molecule has 0 aliphatic heterocycles. The molecular formula is C20H22ClN5O3. The van der Waals surface area contributed by atoms with Crippen LogP contribution in [0, 0.1) is 0 Å². The number of methoxy groups -OCH3 is 2. The van der Waals surface area contributed by atoms with E-state index in [1.807, 2.05) is 42.5 Å². The van der Waals surface area contributed by atoms with Crippen molar-refractivity contribution < 1.29 is 14.3 Å². The van der Waals surface area contributed by atoms with Crippen molar-refractivity contribution in [2.75, 3.05) is 14.2 Å². The van der Waals surface area contributed by atoms with Crippen LogP contribution in [0.3, 0.4) is 0 Å². The maximum atomic E-state index is 12.6. The van der Waals surface area contributed by atoms with E-state index in [2.05, 4.69) is 20.8 Å². The van der Waals surface area contributed by atoms with Gasteiger partial charge in [0.05, 0.1) is 20.8 Å². The first-order valence-electron chi connectivity index (χ1n) is 9.03. The lowest BCUT2D eigenvalue weighted by Gasteiger charge is -2.17. The van der Waals surface area contributed by atoms with Crippen LogP contribution in [0.15, 0.2) is 48.8 Å². The van der Waals surface area contributed by atoms with Crippen molar-refractivity contribution in [3.05, 3.63) is 64.9 Å². The molecule has 0 unspecified atom stereocenters. The van der Waals surface area contributed by atoms with Crippen molar-refractivity contribution in [2.24, 2.45) is 0 Å². The van der Waals surface area contributed by atoms with Crippen molar-refractivity contribution in [2.45, 2.75) is 25.4 Å².